The first kappa shape index (κ1) is 15.5. The Morgan fingerprint density at radius 2 is 2.25 bits per heavy atom. The van der Waals surface area contributed by atoms with Gasteiger partial charge in [0, 0.05) is 23.3 Å². The lowest BCUT2D eigenvalue weighted by Gasteiger charge is -2.17. The largest absolute Gasteiger partial charge is 0.314 e. The Bertz CT molecular complexity index is 498. The molecule has 1 unspecified atom stereocenters. The highest BCUT2D eigenvalue weighted by Gasteiger charge is 2.10. The fourth-order valence-corrected chi connectivity index (χ4v) is 3.38. The molecule has 0 radical (unpaired) electrons. The number of halogens is 1. The van der Waals surface area contributed by atoms with E-state index in [0.717, 1.165) is 36.6 Å². The third kappa shape index (κ3) is 5.23. The third-order valence-corrected chi connectivity index (χ3v) is 4.52. The van der Waals surface area contributed by atoms with Crippen LogP contribution in [0.4, 0.5) is 0 Å². The second kappa shape index (κ2) is 8.40. The summed E-state index contributed by atoms with van der Waals surface area (Å²) in [5.74, 6) is 0. The molecule has 0 aliphatic carbocycles. The van der Waals surface area contributed by atoms with Gasteiger partial charge in [0.15, 0.2) is 0 Å². The molecular formula is C16H21ClN2S. The first-order chi connectivity index (χ1) is 9.78. The number of aromatic nitrogens is 1. The molecule has 1 N–H and O–H groups in total. The van der Waals surface area contributed by atoms with E-state index in [1.807, 2.05) is 24.5 Å². The zero-order chi connectivity index (χ0) is 14.2. The number of hydrogen-bond acceptors (Lipinski definition) is 3. The zero-order valence-electron chi connectivity index (χ0n) is 11.8. The van der Waals surface area contributed by atoms with Crippen LogP contribution in [0.25, 0.3) is 0 Å². The normalized spacial score (nSPS) is 12.5. The predicted octanol–water partition coefficient (Wildman–Crippen LogP) is 4.34. The molecule has 0 aromatic carbocycles. The van der Waals surface area contributed by atoms with Gasteiger partial charge in [0.2, 0.25) is 0 Å². The van der Waals surface area contributed by atoms with Crippen LogP contribution in [0.2, 0.25) is 4.34 Å². The van der Waals surface area contributed by atoms with E-state index < -0.39 is 0 Å². The molecule has 2 aromatic rings. The standard InChI is InChI=1S/C16H21ClN2S/c1-2-9-19-14(11-15-7-8-16(17)20-15)6-5-13-4-3-10-18-12-13/h3-4,7-8,10,12,14,19H,2,5-6,9,11H2,1H3. The van der Waals surface area contributed by atoms with E-state index in [-0.39, 0.29) is 0 Å². The van der Waals surface area contributed by atoms with Gasteiger partial charge in [0.1, 0.15) is 0 Å². The third-order valence-electron chi connectivity index (χ3n) is 3.26. The van der Waals surface area contributed by atoms with Crippen molar-refractivity contribution in [1.82, 2.24) is 10.3 Å². The van der Waals surface area contributed by atoms with Crippen molar-refractivity contribution in [2.45, 2.75) is 38.6 Å². The molecule has 4 heteroatoms. The van der Waals surface area contributed by atoms with E-state index >= 15 is 0 Å². The van der Waals surface area contributed by atoms with E-state index in [1.165, 1.54) is 10.4 Å². The molecule has 2 rings (SSSR count). The summed E-state index contributed by atoms with van der Waals surface area (Å²) in [7, 11) is 0. The van der Waals surface area contributed by atoms with Crippen LogP contribution >= 0.6 is 22.9 Å². The van der Waals surface area contributed by atoms with Crippen LogP contribution in [0, 0.1) is 0 Å². The summed E-state index contributed by atoms with van der Waals surface area (Å²) in [6.07, 6.45) is 8.19. The van der Waals surface area contributed by atoms with Gasteiger partial charge in [0.25, 0.3) is 0 Å². The van der Waals surface area contributed by atoms with E-state index in [4.69, 9.17) is 11.6 Å². The molecule has 108 valence electrons. The summed E-state index contributed by atoms with van der Waals surface area (Å²) in [6.45, 7) is 3.27. The average molecular weight is 309 g/mol. The minimum absolute atomic E-state index is 0.505. The number of hydrogen-bond donors (Lipinski definition) is 1. The van der Waals surface area contributed by atoms with Crippen molar-refractivity contribution in [2.75, 3.05) is 6.54 Å². The molecule has 2 nitrogen and oxygen atoms in total. The second-order valence-corrected chi connectivity index (χ2v) is 6.76. The highest BCUT2D eigenvalue weighted by Crippen LogP contribution is 2.23. The van der Waals surface area contributed by atoms with Gasteiger partial charge in [-0.15, -0.1) is 11.3 Å². The molecule has 1 atom stereocenters. The van der Waals surface area contributed by atoms with Crippen molar-refractivity contribution in [3.8, 4) is 0 Å². The molecule has 0 amide bonds. The van der Waals surface area contributed by atoms with Gasteiger partial charge in [-0.1, -0.05) is 24.6 Å². The van der Waals surface area contributed by atoms with Crippen LogP contribution in [-0.4, -0.2) is 17.6 Å². The SMILES string of the molecule is CCCNC(CCc1cccnc1)Cc1ccc(Cl)s1. The minimum atomic E-state index is 0.505. The van der Waals surface area contributed by atoms with Crippen molar-refractivity contribution in [3.63, 3.8) is 0 Å². The van der Waals surface area contributed by atoms with E-state index in [2.05, 4.69) is 29.4 Å². The Balaban J connectivity index is 1.89. The first-order valence-corrected chi connectivity index (χ1v) is 8.34. The maximum Gasteiger partial charge on any atom is 0.0931 e. The Labute approximate surface area is 130 Å². The van der Waals surface area contributed by atoms with Crippen molar-refractivity contribution in [3.05, 3.63) is 51.4 Å². The Kier molecular flexibility index (Phi) is 6.51. The predicted molar refractivity (Wildman–Crippen MR) is 87.7 cm³/mol. The minimum Gasteiger partial charge on any atom is -0.314 e. The molecule has 0 saturated heterocycles. The smallest absolute Gasteiger partial charge is 0.0931 e. The van der Waals surface area contributed by atoms with Crippen molar-refractivity contribution in [1.29, 1.82) is 0 Å². The summed E-state index contributed by atoms with van der Waals surface area (Å²) in [4.78, 5) is 5.53. The lowest BCUT2D eigenvalue weighted by Crippen LogP contribution is -2.32. The molecule has 0 saturated carbocycles. The lowest BCUT2D eigenvalue weighted by atomic mass is 10.0. The van der Waals surface area contributed by atoms with Crippen LogP contribution in [0.5, 0.6) is 0 Å². The number of aryl methyl sites for hydroxylation is 1. The van der Waals surface area contributed by atoms with Gasteiger partial charge in [0.05, 0.1) is 4.34 Å². The fourth-order valence-electron chi connectivity index (χ4n) is 2.22. The molecule has 0 fully saturated rings. The quantitative estimate of drug-likeness (QED) is 0.784. The summed E-state index contributed by atoms with van der Waals surface area (Å²) < 4.78 is 0.876. The summed E-state index contributed by atoms with van der Waals surface area (Å²) >= 11 is 7.70. The van der Waals surface area contributed by atoms with Gasteiger partial charge in [-0.2, -0.15) is 0 Å². The van der Waals surface area contributed by atoms with E-state index in [1.54, 1.807) is 11.3 Å². The lowest BCUT2D eigenvalue weighted by molar-refractivity contribution is 0.480. The van der Waals surface area contributed by atoms with Crippen LogP contribution in [-0.2, 0) is 12.8 Å². The monoisotopic (exact) mass is 308 g/mol. The van der Waals surface area contributed by atoms with Gasteiger partial charge >= 0.3 is 0 Å². The molecule has 0 bridgehead atoms. The molecule has 0 spiro atoms. The maximum atomic E-state index is 6.01. The van der Waals surface area contributed by atoms with Crippen LogP contribution in [0.15, 0.2) is 36.7 Å². The topological polar surface area (TPSA) is 24.9 Å². The zero-order valence-corrected chi connectivity index (χ0v) is 13.4. The molecule has 2 aromatic heterocycles. The number of thiophene rings is 1. The van der Waals surface area contributed by atoms with Crippen LogP contribution < -0.4 is 5.32 Å². The highest BCUT2D eigenvalue weighted by atomic mass is 35.5. The van der Waals surface area contributed by atoms with Crippen molar-refractivity contribution >= 4 is 22.9 Å². The summed E-state index contributed by atoms with van der Waals surface area (Å²) in [6, 6.07) is 8.77. The molecule has 20 heavy (non-hydrogen) atoms. The van der Waals surface area contributed by atoms with Crippen LogP contribution in [0.1, 0.15) is 30.2 Å². The van der Waals surface area contributed by atoms with E-state index in [0.29, 0.717) is 6.04 Å². The first-order valence-electron chi connectivity index (χ1n) is 7.14. The number of pyridine rings is 1. The fraction of sp³-hybridized carbons (Fsp3) is 0.438. The van der Waals surface area contributed by atoms with Gasteiger partial charge in [-0.05, 0) is 56.0 Å². The molecule has 2 heterocycles. The van der Waals surface area contributed by atoms with Crippen LogP contribution in [0.3, 0.4) is 0 Å². The van der Waals surface area contributed by atoms with Crippen molar-refractivity contribution < 1.29 is 0 Å². The van der Waals surface area contributed by atoms with E-state index in [9.17, 15) is 0 Å². The van der Waals surface area contributed by atoms with Gasteiger partial charge in [-0.25, -0.2) is 0 Å². The Morgan fingerprint density at radius 3 is 2.90 bits per heavy atom. The molecular weight excluding hydrogens is 288 g/mol. The Morgan fingerprint density at radius 1 is 1.35 bits per heavy atom. The highest BCUT2D eigenvalue weighted by molar-refractivity contribution is 7.16. The van der Waals surface area contributed by atoms with Crippen molar-refractivity contribution in [2.24, 2.45) is 0 Å². The number of nitrogens with zero attached hydrogens (tertiary/aromatic N) is 1. The summed E-state index contributed by atoms with van der Waals surface area (Å²) in [5, 5.41) is 3.64. The molecule has 0 aliphatic rings. The average Bonchev–Trinajstić information content (AvgIpc) is 2.88. The number of nitrogens with one attached hydrogen (secondary N) is 1. The maximum absolute atomic E-state index is 6.01. The van der Waals surface area contributed by atoms with Gasteiger partial charge < -0.3 is 5.32 Å². The van der Waals surface area contributed by atoms with Gasteiger partial charge in [-0.3, -0.25) is 4.98 Å². The number of rotatable bonds is 8. The second-order valence-electron chi connectivity index (χ2n) is 4.96. The Hall–Kier alpha value is -0.900. The molecule has 0 aliphatic heterocycles. The summed E-state index contributed by atoms with van der Waals surface area (Å²) in [5.41, 5.74) is 1.31.